The topological polar surface area (TPSA) is 42.0 Å². The molecule has 6 heteroatoms. The molecular weight excluding hydrogens is 360 g/mol. The van der Waals surface area contributed by atoms with Gasteiger partial charge in [-0.1, -0.05) is 29.8 Å². The van der Waals surface area contributed by atoms with Gasteiger partial charge in [0.25, 0.3) is 5.91 Å². The lowest BCUT2D eigenvalue weighted by atomic mass is 10.1. The molecule has 3 rings (SSSR count). The van der Waals surface area contributed by atoms with E-state index in [-0.39, 0.29) is 5.91 Å². The van der Waals surface area contributed by atoms with Gasteiger partial charge < -0.3 is 5.32 Å². The zero-order valence-corrected chi connectivity index (χ0v) is 13.2. The third-order valence-corrected chi connectivity index (χ3v) is 4.88. The lowest BCUT2D eigenvalue weighted by molar-refractivity contribution is 0.102. The predicted octanol–water partition coefficient (Wildman–Crippen LogP) is 4.96. The van der Waals surface area contributed by atoms with Gasteiger partial charge in [-0.2, -0.15) is 0 Å². The van der Waals surface area contributed by atoms with Crippen LogP contribution in [0.1, 0.15) is 10.4 Å². The number of nitrogens with one attached hydrogen (secondary N) is 1. The SMILES string of the molecule is O=C(Nc1cnc(Cl)c(Br)c1)c1csc2ccccc12. The van der Waals surface area contributed by atoms with Crippen molar-refractivity contribution in [2.75, 3.05) is 5.32 Å². The normalized spacial score (nSPS) is 10.7. The minimum absolute atomic E-state index is 0.154. The standard InChI is InChI=1S/C14H8BrClN2OS/c15-11-5-8(6-17-13(11)16)18-14(19)10-7-20-12-4-2-1-3-9(10)12/h1-7H,(H,18,19). The summed E-state index contributed by atoms with van der Waals surface area (Å²) < 4.78 is 1.74. The summed E-state index contributed by atoms with van der Waals surface area (Å²) in [5.74, 6) is -0.154. The first-order valence-electron chi connectivity index (χ1n) is 5.74. The highest BCUT2D eigenvalue weighted by molar-refractivity contribution is 9.10. The molecule has 1 amide bonds. The highest BCUT2D eigenvalue weighted by Gasteiger charge is 2.12. The van der Waals surface area contributed by atoms with E-state index in [0.29, 0.717) is 20.9 Å². The van der Waals surface area contributed by atoms with Crippen LogP contribution in [0, 0.1) is 0 Å². The van der Waals surface area contributed by atoms with E-state index in [1.807, 2.05) is 29.6 Å². The Balaban J connectivity index is 1.91. The van der Waals surface area contributed by atoms with Gasteiger partial charge in [-0.25, -0.2) is 4.98 Å². The van der Waals surface area contributed by atoms with Crippen molar-refractivity contribution in [3.63, 3.8) is 0 Å². The highest BCUT2D eigenvalue weighted by Crippen LogP contribution is 2.27. The van der Waals surface area contributed by atoms with E-state index in [1.54, 1.807) is 17.4 Å². The van der Waals surface area contributed by atoms with Crippen LogP contribution in [0.15, 0.2) is 46.4 Å². The molecule has 0 aliphatic rings. The van der Waals surface area contributed by atoms with E-state index in [1.165, 1.54) is 6.20 Å². The molecule has 0 radical (unpaired) electrons. The molecule has 2 aromatic heterocycles. The summed E-state index contributed by atoms with van der Waals surface area (Å²) in [6.45, 7) is 0. The smallest absolute Gasteiger partial charge is 0.257 e. The maximum atomic E-state index is 12.3. The molecule has 3 nitrogen and oxygen atoms in total. The second-order valence-corrected chi connectivity index (χ2v) is 6.22. The van der Waals surface area contributed by atoms with Gasteiger partial charge in [0.05, 0.1) is 21.9 Å². The molecule has 2 heterocycles. The molecule has 0 atom stereocenters. The van der Waals surface area contributed by atoms with Gasteiger partial charge in [0.15, 0.2) is 0 Å². The van der Waals surface area contributed by atoms with Crippen LogP contribution in [-0.2, 0) is 0 Å². The Bertz CT molecular complexity index is 803. The molecule has 0 saturated carbocycles. The fourth-order valence-electron chi connectivity index (χ4n) is 1.84. The first-order chi connectivity index (χ1) is 9.65. The minimum Gasteiger partial charge on any atom is -0.321 e. The van der Waals surface area contributed by atoms with Crippen LogP contribution in [0.4, 0.5) is 5.69 Å². The number of hydrogen-bond donors (Lipinski definition) is 1. The number of pyridine rings is 1. The maximum Gasteiger partial charge on any atom is 0.257 e. The summed E-state index contributed by atoms with van der Waals surface area (Å²) in [5.41, 5.74) is 1.26. The van der Waals surface area contributed by atoms with Crippen LogP contribution < -0.4 is 5.32 Å². The van der Waals surface area contributed by atoms with Crippen molar-refractivity contribution in [1.29, 1.82) is 0 Å². The summed E-state index contributed by atoms with van der Waals surface area (Å²) >= 11 is 10.7. The zero-order chi connectivity index (χ0) is 14.1. The molecule has 0 fully saturated rings. The number of rotatable bonds is 2. The molecule has 1 aromatic carbocycles. The predicted molar refractivity (Wildman–Crippen MR) is 86.7 cm³/mol. The minimum atomic E-state index is -0.154. The van der Waals surface area contributed by atoms with Crippen molar-refractivity contribution in [2.24, 2.45) is 0 Å². The lowest BCUT2D eigenvalue weighted by Crippen LogP contribution is -2.11. The number of aromatic nitrogens is 1. The highest BCUT2D eigenvalue weighted by atomic mass is 79.9. The third-order valence-electron chi connectivity index (χ3n) is 2.78. The van der Waals surface area contributed by atoms with Gasteiger partial charge in [-0.3, -0.25) is 4.79 Å². The molecule has 20 heavy (non-hydrogen) atoms. The van der Waals surface area contributed by atoms with E-state index >= 15 is 0 Å². The van der Waals surface area contributed by atoms with Crippen molar-refractivity contribution < 1.29 is 4.79 Å². The molecule has 0 aliphatic carbocycles. The third kappa shape index (κ3) is 2.57. The van der Waals surface area contributed by atoms with Crippen LogP contribution in [0.2, 0.25) is 5.15 Å². The largest absolute Gasteiger partial charge is 0.321 e. The van der Waals surface area contributed by atoms with Gasteiger partial charge in [-0.15, -0.1) is 11.3 Å². The Morgan fingerprint density at radius 2 is 2.15 bits per heavy atom. The van der Waals surface area contributed by atoms with Crippen molar-refractivity contribution in [3.05, 3.63) is 57.1 Å². The Labute approximate surface area is 132 Å². The molecule has 0 bridgehead atoms. The number of amides is 1. The number of thiophene rings is 1. The monoisotopic (exact) mass is 366 g/mol. The molecule has 3 aromatic rings. The quantitative estimate of drug-likeness (QED) is 0.650. The summed E-state index contributed by atoms with van der Waals surface area (Å²) in [4.78, 5) is 16.3. The summed E-state index contributed by atoms with van der Waals surface area (Å²) in [7, 11) is 0. The Kier molecular flexibility index (Phi) is 3.74. The number of benzene rings is 1. The van der Waals surface area contributed by atoms with Gasteiger partial charge >= 0.3 is 0 Å². The van der Waals surface area contributed by atoms with Crippen LogP contribution in [0.25, 0.3) is 10.1 Å². The molecule has 0 spiro atoms. The second kappa shape index (κ2) is 5.52. The zero-order valence-electron chi connectivity index (χ0n) is 10.1. The molecule has 0 unspecified atom stereocenters. The number of anilines is 1. The second-order valence-electron chi connectivity index (χ2n) is 4.10. The Hall–Kier alpha value is -1.43. The van der Waals surface area contributed by atoms with E-state index in [2.05, 4.69) is 26.2 Å². The molecular formula is C14H8BrClN2OS. The van der Waals surface area contributed by atoms with Crippen LogP contribution >= 0.6 is 38.9 Å². The Morgan fingerprint density at radius 1 is 1.35 bits per heavy atom. The number of fused-ring (bicyclic) bond motifs is 1. The number of halogens is 2. The average molecular weight is 368 g/mol. The van der Waals surface area contributed by atoms with Gasteiger partial charge in [0.2, 0.25) is 0 Å². The summed E-state index contributed by atoms with van der Waals surface area (Å²) in [6, 6.07) is 9.54. The van der Waals surface area contributed by atoms with E-state index in [4.69, 9.17) is 11.6 Å². The number of nitrogens with zero attached hydrogens (tertiary/aromatic N) is 1. The molecule has 0 saturated heterocycles. The first-order valence-corrected chi connectivity index (χ1v) is 7.79. The van der Waals surface area contributed by atoms with E-state index < -0.39 is 0 Å². The van der Waals surface area contributed by atoms with E-state index in [9.17, 15) is 4.79 Å². The van der Waals surface area contributed by atoms with Crippen molar-refractivity contribution in [2.45, 2.75) is 0 Å². The van der Waals surface area contributed by atoms with Crippen molar-refractivity contribution >= 4 is 60.5 Å². The van der Waals surface area contributed by atoms with Crippen molar-refractivity contribution in [1.82, 2.24) is 4.98 Å². The van der Waals surface area contributed by atoms with Crippen LogP contribution in [-0.4, -0.2) is 10.9 Å². The van der Waals surface area contributed by atoms with E-state index in [0.717, 1.165) is 10.1 Å². The van der Waals surface area contributed by atoms with Crippen LogP contribution in [0.5, 0.6) is 0 Å². The summed E-state index contributed by atoms with van der Waals surface area (Å²) in [5, 5.41) is 6.00. The molecule has 100 valence electrons. The number of carbonyl (C=O) groups is 1. The fraction of sp³-hybridized carbons (Fsp3) is 0. The summed E-state index contributed by atoms with van der Waals surface area (Å²) in [6.07, 6.45) is 1.53. The lowest BCUT2D eigenvalue weighted by Gasteiger charge is -2.05. The number of hydrogen-bond acceptors (Lipinski definition) is 3. The molecule has 1 N–H and O–H groups in total. The van der Waals surface area contributed by atoms with Gasteiger partial charge in [-0.05, 0) is 28.1 Å². The number of carbonyl (C=O) groups excluding carboxylic acids is 1. The van der Waals surface area contributed by atoms with Crippen LogP contribution in [0.3, 0.4) is 0 Å². The van der Waals surface area contributed by atoms with Gasteiger partial charge in [0.1, 0.15) is 5.15 Å². The average Bonchev–Trinajstić information content (AvgIpc) is 2.87. The van der Waals surface area contributed by atoms with Crippen molar-refractivity contribution in [3.8, 4) is 0 Å². The maximum absolute atomic E-state index is 12.3. The molecule has 0 aliphatic heterocycles. The fourth-order valence-corrected chi connectivity index (χ4v) is 3.23. The Morgan fingerprint density at radius 3 is 2.95 bits per heavy atom. The van der Waals surface area contributed by atoms with Gasteiger partial charge in [0, 0.05) is 15.5 Å². The first kappa shape index (κ1) is 13.5.